The molecule has 0 aliphatic heterocycles. The maximum Gasteiger partial charge on any atom is 0.0110 e. The summed E-state index contributed by atoms with van der Waals surface area (Å²) in [5.74, 6) is 0. The SMILES string of the molecule is C=C(C)C(C)(C)c1ccsc1C. The molecule has 0 saturated carbocycles. The Balaban J connectivity index is 3.13. The molecular weight excluding hydrogens is 164 g/mol. The van der Waals surface area contributed by atoms with Crippen LogP contribution in [0.5, 0.6) is 0 Å². The first-order valence-corrected chi connectivity index (χ1v) is 5.05. The fourth-order valence-electron chi connectivity index (χ4n) is 1.26. The normalized spacial score (nSPS) is 11.7. The highest BCUT2D eigenvalue weighted by atomic mass is 32.1. The Morgan fingerprint density at radius 2 is 2.08 bits per heavy atom. The van der Waals surface area contributed by atoms with E-state index in [-0.39, 0.29) is 5.41 Å². The molecule has 0 radical (unpaired) electrons. The van der Waals surface area contributed by atoms with Gasteiger partial charge >= 0.3 is 0 Å². The number of hydrogen-bond donors (Lipinski definition) is 0. The van der Waals surface area contributed by atoms with Gasteiger partial charge in [-0.05, 0) is 30.9 Å². The highest BCUT2D eigenvalue weighted by Gasteiger charge is 2.23. The Bertz CT molecular complexity index is 292. The smallest absolute Gasteiger partial charge is 0.0110 e. The van der Waals surface area contributed by atoms with Gasteiger partial charge in [0.1, 0.15) is 0 Å². The second-order valence-electron chi connectivity index (χ2n) is 3.80. The van der Waals surface area contributed by atoms with Gasteiger partial charge in [-0.1, -0.05) is 26.0 Å². The summed E-state index contributed by atoms with van der Waals surface area (Å²) in [5.41, 5.74) is 2.77. The predicted molar refractivity (Wildman–Crippen MR) is 56.9 cm³/mol. The highest BCUT2D eigenvalue weighted by molar-refractivity contribution is 7.10. The Morgan fingerprint density at radius 3 is 2.42 bits per heavy atom. The molecule has 0 aromatic carbocycles. The molecule has 0 spiro atoms. The third-order valence-electron chi connectivity index (χ3n) is 2.60. The Hall–Kier alpha value is -0.560. The molecule has 0 unspecified atom stereocenters. The Morgan fingerprint density at radius 1 is 1.50 bits per heavy atom. The summed E-state index contributed by atoms with van der Waals surface area (Å²) in [6.45, 7) is 12.7. The number of rotatable bonds is 2. The lowest BCUT2D eigenvalue weighted by Gasteiger charge is -2.25. The molecule has 12 heavy (non-hydrogen) atoms. The monoisotopic (exact) mass is 180 g/mol. The van der Waals surface area contributed by atoms with Crippen LogP contribution in [0.25, 0.3) is 0 Å². The van der Waals surface area contributed by atoms with E-state index < -0.39 is 0 Å². The van der Waals surface area contributed by atoms with Gasteiger partial charge < -0.3 is 0 Å². The molecule has 1 aromatic rings. The molecule has 0 nitrogen and oxygen atoms in total. The quantitative estimate of drug-likeness (QED) is 0.605. The van der Waals surface area contributed by atoms with Crippen LogP contribution in [0.2, 0.25) is 0 Å². The van der Waals surface area contributed by atoms with Crippen LogP contribution in [-0.2, 0) is 5.41 Å². The van der Waals surface area contributed by atoms with E-state index in [1.54, 1.807) is 0 Å². The standard InChI is InChI=1S/C11H16S/c1-8(2)11(4,5)10-6-7-12-9(10)3/h6-7H,1H2,2-5H3. The van der Waals surface area contributed by atoms with Crippen LogP contribution < -0.4 is 0 Å². The van der Waals surface area contributed by atoms with E-state index in [1.807, 2.05) is 11.3 Å². The second-order valence-corrected chi connectivity index (χ2v) is 4.92. The molecule has 0 saturated heterocycles. The number of allylic oxidation sites excluding steroid dienone is 1. The van der Waals surface area contributed by atoms with Crippen LogP contribution in [0.4, 0.5) is 0 Å². The lowest BCUT2D eigenvalue weighted by atomic mass is 9.79. The summed E-state index contributed by atoms with van der Waals surface area (Å²) in [7, 11) is 0. The first kappa shape index (κ1) is 9.53. The molecule has 66 valence electrons. The van der Waals surface area contributed by atoms with Crippen molar-refractivity contribution < 1.29 is 0 Å². The topological polar surface area (TPSA) is 0 Å². The van der Waals surface area contributed by atoms with E-state index in [9.17, 15) is 0 Å². The van der Waals surface area contributed by atoms with Crippen molar-refractivity contribution in [2.45, 2.75) is 33.1 Å². The molecular formula is C11H16S. The number of hydrogen-bond acceptors (Lipinski definition) is 1. The third kappa shape index (κ3) is 1.46. The minimum absolute atomic E-state index is 0.129. The van der Waals surface area contributed by atoms with Crippen molar-refractivity contribution in [3.05, 3.63) is 34.0 Å². The zero-order chi connectivity index (χ0) is 9.35. The first-order valence-electron chi connectivity index (χ1n) is 4.17. The van der Waals surface area contributed by atoms with E-state index in [1.165, 1.54) is 16.0 Å². The van der Waals surface area contributed by atoms with Gasteiger partial charge in [-0.3, -0.25) is 0 Å². The van der Waals surface area contributed by atoms with Crippen molar-refractivity contribution in [2.75, 3.05) is 0 Å². The summed E-state index contributed by atoms with van der Waals surface area (Å²) < 4.78 is 0. The van der Waals surface area contributed by atoms with Crippen molar-refractivity contribution in [3.8, 4) is 0 Å². The van der Waals surface area contributed by atoms with Gasteiger partial charge in [0, 0.05) is 10.3 Å². The van der Waals surface area contributed by atoms with Crippen molar-refractivity contribution in [1.29, 1.82) is 0 Å². The molecule has 0 aliphatic carbocycles. The maximum atomic E-state index is 4.03. The maximum absolute atomic E-state index is 4.03. The summed E-state index contributed by atoms with van der Waals surface area (Å²) >= 11 is 1.81. The predicted octanol–water partition coefficient (Wildman–Crippen LogP) is 3.91. The summed E-state index contributed by atoms with van der Waals surface area (Å²) in [6, 6.07) is 2.20. The Labute approximate surface area is 78.9 Å². The third-order valence-corrected chi connectivity index (χ3v) is 3.44. The molecule has 1 heterocycles. The average molecular weight is 180 g/mol. The van der Waals surface area contributed by atoms with E-state index >= 15 is 0 Å². The van der Waals surface area contributed by atoms with Gasteiger partial charge in [0.2, 0.25) is 0 Å². The minimum atomic E-state index is 0.129. The summed E-state index contributed by atoms with van der Waals surface area (Å²) in [5, 5.41) is 2.15. The van der Waals surface area contributed by atoms with Crippen molar-refractivity contribution in [1.82, 2.24) is 0 Å². The molecule has 0 amide bonds. The van der Waals surface area contributed by atoms with Gasteiger partial charge in [0.15, 0.2) is 0 Å². The van der Waals surface area contributed by atoms with Gasteiger partial charge in [0.05, 0.1) is 0 Å². The highest BCUT2D eigenvalue weighted by Crippen LogP contribution is 2.34. The minimum Gasteiger partial charge on any atom is -0.149 e. The fraction of sp³-hybridized carbons (Fsp3) is 0.455. The molecule has 0 atom stereocenters. The fourth-order valence-corrected chi connectivity index (χ4v) is 2.12. The van der Waals surface area contributed by atoms with E-state index in [0.29, 0.717) is 0 Å². The molecule has 0 N–H and O–H groups in total. The van der Waals surface area contributed by atoms with Crippen molar-refractivity contribution >= 4 is 11.3 Å². The van der Waals surface area contributed by atoms with Gasteiger partial charge in [-0.25, -0.2) is 0 Å². The van der Waals surface area contributed by atoms with Crippen LogP contribution in [0.3, 0.4) is 0 Å². The summed E-state index contributed by atoms with van der Waals surface area (Å²) in [6.07, 6.45) is 0. The zero-order valence-corrected chi connectivity index (χ0v) is 9.09. The molecule has 0 bridgehead atoms. The van der Waals surface area contributed by atoms with Crippen LogP contribution >= 0.6 is 11.3 Å². The Kier molecular flexibility index (Phi) is 2.43. The van der Waals surface area contributed by atoms with Crippen LogP contribution in [0.15, 0.2) is 23.6 Å². The van der Waals surface area contributed by atoms with Crippen molar-refractivity contribution in [3.63, 3.8) is 0 Å². The average Bonchev–Trinajstić information content (AvgIpc) is 2.35. The lowest BCUT2D eigenvalue weighted by molar-refractivity contribution is 0.625. The van der Waals surface area contributed by atoms with Gasteiger partial charge in [0.25, 0.3) is 0 Å². The van der Waals surface area contributed by atoms with E-state index in [0.717, 1.165) is 0 Å². The van der Waals surface area contributed by atoms with Gasteiger partial charge in [-0.2, -0.15) is 0 Å². The molecule has 1 aromatic heterocycles. The van der Waals surface area contributed by atoms with Crippen LogP contribution in [-0.4, -0.2) is 0 Å². The van der Waals surface area contributed by atoms with E-state index in [4.69, 9.17) is 0 Å². The van der Waals surface area contributed by atoms with Crippen molar-refractivity contribution in [2.24, 2.45) is 0 Å². The first-order chi connectivity index (χ1) is 5.46. The van der Waals surface area contributed by atoms with Crippen LogP contribution in [0.1, 0.15) is 31.2 Å². The zero-order valence-electron chi connectivity index (χ0n) is 8.27. The number of thiophene rings is 1. The number of aryl methyl sites for hydroxylation is 1. The largest absolute Gasteiger partial charge is 0.149 e. The molecule has 0 aliphatic rings. The van der Waals surface area contributed by atoms with E-state index in [2.05, 4.69) is 45.7 Å². The molecule has 0 fully saturated rings. The van der Waals surface area contributed by atoms with Crippen LogP contribution in [0, 0.1) is 6.92 Å². The summed E-state index contributed by atoms with van der Waals surface area (Å²) in [4.78, 5) is 1.41. The second kappa shape index (κ2) is 3.06. The van der Waals surface area contributed by atoms with Gasteiger partial charge in [-0.15, -0.1) is 11.3 Å². The molecule has 1 rings (SSSR count). The lowest BCUT2D eigenvalue weighted by Crippen LogP contribution is -2.17. The molecule has 1 heteroatoms.